The molecule has 0 aliphatic carbocycles. The second kappa shape index (κ2) is 32.4. The van der Waals surface area contributed by atoms with Crippen molar-refractivity contribution in [3.8, 4) is 0 Å². The number of carboxylic acid groups (broad SMARTS) is 1. The van der Waals surface area contributed by atoms with Crippen LogP contribution in [0.5, 0.6) is 0 Å². The van der Waals surface area contributed by atoms with Gasteiger partial charge in [-0.05, 0) is 12.8 Å². The Hall–Kier alpha value is -1.63. The molecule has 0 unspecified atom stereocenters. The summed E-state index contributed by atoms with van der Waals surface area (Å²) in [6, 6.07) is 0. The Kier molecular flexibility index (Phi) is 32.9. The van der Waals surface area contributed by atoms with Crippen molar-refractivity contribution in [2.75, 3.05) is 26.2 Å². The largest absolute Gasteiger partial charge is 0.481 e. The smallest absolute Gasteiger partial charge is 0.300 e. The first-order valence-corrected chi connectivity index (χ1v) is 15.4. The molecule has 0 atom stereocenters. The van der Waals surface area contributed by atoms with Gasteiger partial charge in [0.15, 0.2) is 0 Å². The van der Waals surface area contributed by atoms with Crippen LogP contribution in [-0.2, 0) is 14.4 Å². The second-order valence-electron chi connectivity index (χ2n) is 10.1. The lowest BCUT2D eigenvalue weighted by atomic mass is 10.1. The lowest BCUT2D eigenvalue weighted by molar-refractivity contribution is -0.134. The quantitative estimate of drug-likeness (QED) is 0.0932. The van der Waals surface area contributed by atoms with Crippen molar-refractivity contribution < 1.29 is 19.5 Å². The van der Waals surface area contributed by atoms with Crippen LogP contribution >= 0.6 is 0 Å². The third-order valence-corrected chi connectivity index (χ3v) is 6.26. The van der Waals surface area contributed by atoms with Crippen LogP contribution in [0.4, 0.5) is 0 Å². The minimum absolute atomic E-state index is 0.161. The van der Waals surface area contributed by atoms with Crippen molar-refractivity contribution in [2.24, 2.45) is 0 Å². The fourth-order valence-corrected chi connectivity index (χ4v) is 4.07. The molecule has 0 radical (unpaired) electrons. The summed E-state index contributed by atoms with van der Waals surface area (Å²) in [6.45, 7) is 8.39. The van der Waals surface area contributed by atoms with E-state index in [-0.39, 0.29) is 11.8 Å². The van der Waals surface area contributed by atoms with Crippen LogP contribution in [0.3, 0.4) is 0 Å². The van der Waals surface area contributed by atoms with Crippen LogP contribution in [0.15, 0.2) is 0 Å². The lowest BCUT2D eigenvalue weighted by Crippen LogP contribution is -2.36. The lowest BCUT2D eigenvalue weighted by Gasteiger charge is -2.08. The van der Waals surface area contributed by atoms with Crippen molar-refractivity contribution in [3.63, 3.8) is 0 Å². The molecule has 7 heteroatoms. The molecule has 37 heavy (non-hydrogen) atoms. The second-order valence-corrected chi connectivity index (χ2v) is 10.1. The summed E-state index contributed by atoms with van der Waals surface area (Å²) in [4.78, 5) is 32.7. The molecule has 0 heterocycles. The average Bonchev–Trinajstić information content (AvgIpc) is 2.85. The maximum atomic E-state index is 11.9. The van der Waals surface area contributed by atoms with Crippen LogP contribution in [-0.4, -0.2) is 49.1 Å². The van der Waals surface area contributed by atoms with Crippen LogP contribution in [0.25, 0.3) is 0 Å². The molecule has 2 amide bonds. The van der Waals surface area contributed by atoms with Crippen LogP contribution in [0.1, 0.15) is 149 Å². The van der Waals surface area contributed by atoms with Gasteiger partial charge < -0.3 is 21.1 Å². The highest BCUT2D eigenvalue weighted by Crippen LogP contribution is 2.11. The molecule has 0 fully saturated rings. The summed E-state index contributed by atoms with van der Waals surface area (Å²) in [5.74, 6) is -0.511. The summed E-state index contributed by atoms with van der Waals surface area (Å²) < 4.78 is 0. The zero-order valence-electron chi connectivity index (χ0n) is 24.6. The van der Waals surface area contributed by atoms with E-state index in [2.05, 4.69) is 29.8 Å². The number of hydrogen-bond acceptors (Lipinski definition) is 4. The number of carbonyl (C=O) groups excluding carboxylic acids is 2. The predicted molar refractivity (Wildman–Crippen MR) is 156 cm³/mol. The number of hydrogen-bond donors (Lipinski definition) is 4. The Morgan fingerprint density at radius 1 is 0.486 bits per heavy atom. The molecule has 0 aromatic carbocycles. The Labute approximate surface area is 228 Å². The van der Waals surface area contributed by atoms with Crippen molar-refractivity contribution >= 4 is 17.8 Å². The number of aliphatic carboxylic acids is 1. The summed E-state index contributed by atoms with van der Waals surface area (Å²) in [6.07, 6.45) is 24.3. The maximum absolute atomic E-state index is 11.9. The van der Waals surface area contributed by atoms with E-state index in [1.54, 1.807) is 0 Å². The summed E-state index contributed by atoms with van der Waals surface area (Å²) >= 11 is 0. The molecule has 0 aromatic heterocycles. The molecule has 0 bridgehead atoms. The highest BCUT2D eigenvalue weighted by molar-refractivity contribution is 5.76. The van der Waals surface area contributed by atoms with Crippen molar-refractivity contribution in [1.29, 1.82) is 0 Å². The SMILES string of the molecule is CC(=O)O.CCCCCCCCCCCC(=O)NCCNCCNC(=O)CCCCCCCCCCC. The van der Waals surface area contributed by atoms with Gasteiger partial charge in [0.25, 0.3) is 5.97 Å². The summed E-state index contributed by atoms with van der Waals surface area (Å²) in [5.41, 5.74) is 0. The molecule has 0 rings (SSSR count). The zero-order valence-corrected chi connectivity index (χ0v) is 24.6. The highest BCUT2D eigenvalue weighted by Gasteiger charge is 2.02. The number of nitrogens with one attached hydrogen (secondary N) is 3. The van der Waals surface area contributed by atoms with E-state index < -0.39 is 5.97 Å². The normalized spacial score (nSPS) is 10.5. The van der Waals surface area contributed by atoms with Gasteiger partial charge in [-0.2, -0.15) is 0 Å². The van der Waals surface area contributed by atoms with E-state index >= 15 is 0 Å². The molecule has 0 spiro atoms. The van der Waals surface area contributed by atoms with E-state index in [9.17, 15) is 9.59 Å². The summed E-state index contributed by atoms with van der Waals surface area (Å²) in [5, 5.41) is 16.6. The topological polar surface area (TPSA) is 108 Å². The van der Waals surface area contributed by atoms with Crippen molar-refractivity contribution in [1.82, 2.24) is 16.0 Å². The number of unbranched alkanes of at least 4 members (excludes halogenated alkanes) is 16. The molecule has 220 valence electrons. The average molecular weight is 528 g/mol. The predicted octanol–water partition coefficient (Wildman–Crippen LogP) is 6.74. The van der Waals surface area contributed by atoms with Crippen molar-refractivity contribution in [2.45, 2.75) is 149 Å². The van der Waals surface area contributed by atoms with Gasteiger partial charge in [0.2, 0.25) is 11.8 Å². The first-order chi connectivity index (χ1) is 17.9. The van der Waals surface area contributed by atoms with E-state index in [1.807, 2.05) is 0 Å². The molecular formula is C30H61N3O4. The zero-order chi connectivity index (χ0) is 27.8. The molecular weight excluding hydrogens is 466 g/mol. The van der Waals surface area contributed by atoms with Gasteiger partial charge in [-0.1, -0.05) is 117 Å². The molecule has 7 nitrogen and oxygen atoms in total. The Morgan fingerprint density at radius 2 is 0.757 bits per heavy atom. The first-order valence-electron chi connectivity index (χ1n) is 15.4. The highest BCUT2D eigenvalue weighted by atomic mass is 16.4. The van der Waals surface area contributed by atoms with E-state index in [4.69, 9.17) is 9.90 Å². The fraction of sp³-hybridized carbons (Fsp3) is 0.900. The van der Waals surface area contributed by atoms with Crippen LogP contribution in [0, 0.1) is 0 Å². The molecule has 0 aliphatic rings. The summed E-state index contributed by atoms with van der Waals surface area (Å²) in [7, 11) is 0. The maximum Gasteiger partial charge on any atom is 0.300 e. The fourth-order valence-electron chi connectivity index (χ4n) is 4.07. The number of carboxylic acids is 1. The molecule has 0 saturated carbocycles. The van der Waals surface area contributed by atoms with Crippen LogP contribution < -0.4 is 16.0 Å². The van der Waals surface area contributed by atoms with Gasteiger partial charge in [0.05, 0.1) is 0 Å². The van der Waals surface area contributed by atoms with E-state index in [1.165, 1.54) is 89.9 Å². The van der Waals surface area contributed by atoms with Crippen molar-refractivity contribution in [3.05, 3.63) is 0 Å². The third kappa shape index (κ3) is 39.0. The standard InChI is InChI=1S/C28H57N3O2.C2H4O2/c1-3-5-7-9-11-13-15-17-19-21-27(32)30-25-23-29-24-26-31-28(33)22-20-18-16-14-12-10-8-6-4-2;1-2(3)4/h29H,3-26H2,1-2H3,(H,30,32)(H,31,33);1H3,(H,3,4). The number of carbonyl (C=O) groups is 3. The van der Waals surface area contributed by atoms with Gasteiger partial charge in [0.1, 0.15) is 0 Å². The van der Waals surface area contributed by atoms with E-state index in [0.717, 1.165) is 45.7 Å². The Balaban J connectivity index is 0. The van der Waals surface area contributed by atoms with Gasteiger partial charge in [-0.25, -0.2) is 0 Å². The van der Waals surface area contributed by atoms with Gasteiger partial charge >= 0.3 is 0 Å². The monoisotopic (exact) mass is 527 g/mol. The molecule has 4 N–H and O–H groups in total. The number of rotatable bonds is 26. The van der Waals surface area contributed by atoms with Gasteiger partial charge in [0, 0.05) is 45.9 Å². The van der Waals surface area contributed by atoms with Crippen LogP contribution in [0.2, 0.25) is 0 Å². The number of amides is 2. The van der Waals surface area contributed by atoms with Gasteiger partial charge in [-0.3, -0.25) is 14.4 Å². The minimum atomic E-state index is -0.833. The Bertz CT molecular complexity index is 473. The van der Waals surface area contributed by atoms with Gasteiger partial charge in [-0.15, -0.1) is 0 Å². The molecule has 0 aromatic rings. The third-order valence-electron chi connectivity index (χ3n) is 6.26. The minimum Gasteiger partial charge on any atom is -0.481 e. The van der Waals surface area contributed by atoms with E-state index in [0.29, 0.717) is 25.9 Å². The molecule has 0 aliphatic heterocycles. The molecule has 0 saturated heterocycles. The first kappa shape index (κ1) is 37.5. The Morgan fingerprint density at radius 3 is 1.05 bits per heavy atom.